The summed E-state index contributed by atoms with van der Waals surface area (Å²) in [4.78, 5) is 15.8. The number of urea groups is 1. The summed E-state index contributed by atoms with van der Waals surface area (Å²) in [6, 6.07) is 12.8. The minimum Gasteiger partial charge on any atom is -0.334 e. The van der Waals surface area contributed by atoms with Crippen molar-refractivity contribution in [1.82, 2.24) is 15.0 Å². The molecule has 7 nitrogen and oxygen atoms in total. The van der Waals surface area contributed by atoms with Crippen LogP contribution in [0.1, 0.15) is 16.7 Å². The number of carbonyl (C=O) groups is 1. The minimum absolute atomic E-state index is 0.0905. The molecule has 0 fully saturated rings. The van der Waals surface area contributed by atoms with Crippen molar-refractivity contribution in [2.24, 2.45) is 0 Å². The molecule has 1 heterocycles. The Bertz CT molecular complexity index is 1170. The van der Waals surface area contributed by atoms with Gasteiger partial charge in [-0.2, -0.15) is 13.2 Å². The fourth-order valence-electron chi connectivity index (χ4n) is 2.69. The number of aromatic nitrogens is 1. The van der Waals surface area contributed by atoms with Gasteiger partial charge in [-0.3, -0.25) is 4.98 Å². The molecule has 0 saturated carbocycles. The van der Waals surface area contributed by atoms with Crippen molar-refractivity contribution in [1.29, 1.82) is 0 Å². The van der Waals surface area contributed by atoms with Crippen LogP contribution < -0.4 is 15.4 Å². The Morgan fingerprint density at radius 1 is 0.906 bits per heavy atom. The van der Waals surface area contributed by atoms with Gasteiger partial charge in [0.05, 0.1) is 10.5 Å². The van der Waals surface area contributed by atoms with Crippen molar-refractivity contribution < 1.29 is 26.4 Å². The molecule has 2 aromatic carbocycles. The molecule has 3 aromatic rings. The predicted octanol–water partition coefficient (Wildman–Crippen LogP) is 3.90. The number of hydrogen-bond donors (Lipinski definition) is 3. The van der Waals surface area contributed by atoms with Gasteiger partial charge in [0.2, 0.25) is 10.0 Å². The lowest BCUT2D eigenvalue weighted by Gasteiger charge is -2.11. The standard InChI is InChI=1S/C21H19F3N4O3S/c22-21(23,24)17-3-1-2-16(12-17)14-27-32(30,31)19-6-4-18(5-7-19)28-20(29)26-13-15-8-10-25-11-9-15/h1-12,27H,13-14H2,(H2,26,28,29). The molecule has 3 N–H and O–H groups in total. The van der Waals surface area contributed by atoms with Crippen LogP contribution in [0.15, 0.2) is 78.0 Å². The Morgan fingerprint density at radius 2 is 1.59 bits per heavy atom. The number of rotatable bonds is 7. The van der Waals surface area contributed by atoms with E-state index in [0.717, 1.165) is 17.7 Å². The monoisotopic (exact) mass is 464 g/mol. The second-order valence-electron chi connectivity index (χ2n) is 6.71. The highest BCUT2D eigenvalue weighted by Gasteiger charge is 2.30. The third-order valence-corrected chi connectivity index (χ3v) is 5.76. The van der Waals surface area contributed by atoms with Crippen molar-refractivity contribution in [2.45, 2.75) is 24.2 Å². The zero-order valence-electron chi connectivity index (χ0n) is 16.6. The van der Waals surface area contributed by atoms with E-state index in [4.69, 9.17) is 0 Å². The summed E-state index contributed by atoms with van der Waals surface area (Å²) in [7, 11) is -3.96. The molecular weight excluding hydrogens is 445 g/mol. The van der Waals surface area contributed by atoms with E-state index >= 15 is 0 Å². The number of amides is 2. The average Bonchev–Trinajstić information content (AvgIpc) is 2.77. The molecule has 2 amide bonds. The molecule has 0 saturated heterocycles. The van der Waals surface area contributed by atoms with Gasteiger partial charge in [0.25, 0.3) is 0 Å². The van der Waals surface area contributed by atoms with Crippen LogP contribution in [-0.4, -0.2) is 19.4 Å². The third kappa shape index (κ3) is 6.53. The van der Waals surface area contributed by atoms with E-state index in [1.165, 1.54) is 36.4 Å². The van der Waals surface area contributed by atoms with Gasteiger partial charge >= 0.3 is 12.2 Å². The molecule has 0 aliphatic carbocycles. The Hall–Kier alpha value is -3.44. The number of hydrogen-bond acceptors (Lipinski definition) is 4. The van der Waals surface area contributed by atoms with Gasteiger partial charge in [0, 0.05) is 31.2 Å². The summed E-state index contributed by atoms with van der Waals surface area (Å²) >= 11 is 0. The number of alkyl halides is 3. The number of halogens is 3. The lowest BCUT2D eigenvalue weighted by molar-refractivity contribution is -0.137. The molecule has 0 aliphatic rings. The maximum absolute atomic E-state index is 12.8. The van der Waals surface area contributed by atoms with Gasteiger partial charge < -0.3 is 10.6 Å². The molecule has 1 aromatic heterocycles. The second kappa shape index (κ2) is 9.79. The SMILES string of the molecule is O=C(NCc1ccncc1)Nc1ccc(S(=O)(=O)NCc2cccc(C(F)(F)F)c2)cc1. The first-order chi connectivity index (χ1) is 15.1. The molecule has 0 radical (unpaired) electrons. The summed E-state index contributed by atoms with van der Waals surface area (Å²) < 4.78 is 65.5. The Labute approximate surface area is 182 Å². The maximum Gasteiger partial charge on any atom is 0.416 e. The number of anilines is 1. The topological polar surface area (TPSA) is 100 Å². The molecular formula is C21H19F3N4O3S. The van der Waals surface area contributed by atoms with Crippen molar-refractivity contribution >= 4 is 21.7 Å². The van der Waals surface area contributed by atoms with Crippen LogP contribution in [0.5, 0.6) is 0 Å². The number of sulfonamides is 1. The first-order valence-electron chi connectivity index (χ1n) is 9.33. The minimum atomic E-state index is -4.51. The number of carbonyl (C=O) groups excluding carboxylic acids is 1. The van der Waals surface area contributed by atoms with E-state index in [1.54, 1.807) is 24.5 Å². The van der Waals surface area contributed by atoms with Crippen molar-refractivity contribution in [2.75, 3.05) is 5.32 Å². The summed E-state index contributed by atoms with van der Waals surface area (Å²) in [6.45, 7) is -0.00998. The largest absolute Gasteiger partial charge is 0.416 e. The van der Waals surface area contributed by atoms with Crippen LogP contribution in [-0.2, 0) is 29.3 Å². The summed E-state index contributed by atoms with van der Waals surface area (Å²) in [6.07, 6.45) is -1.30. The van der Waals surface area contributed by atoms with E-state index in [0.29, 0.717) is 12.2 Å². The zero-order chi connectivity index (χ0) is 23.2. The smallest absolute Gasteiger partial charge is 0.334 e. The van der Waals surface area contributed by atoms with Gasteiger partial charge in [0.15, 0.2) is 0 Å². The molecule has 0 spiro atoms. The number of nitrogens with one attached hydrogen (secondary N) is 3. The molecule has 0 bridgehead atoms. The molecule has 0 unspecified atom stereocenters. The summed E-state index contributed by atoms with van der Waals surface area (Å²) in [5.41, 5.74) is 0.553. The number of benzene rings is 2. The van der Waals surface area contributed by atoms with Gasteiger partial charge in [0.1, 0.15) is 0 Å². The van der Waals surface area contributed by atoms with Crippen LogP contribution >= 0.6 is 0 Å². The molecule has 11 heteroatoms. The zero-order valence-corrected chi connectivity index (χ0v) is 17.4. The fourth-order valence-corrected chi connectivity index (χ4v) is 3.71. The highest BCUT2D eigenvalue weighted by atomic mass is 32.2. The van der Waals surface area contributed by atoms with Crippen LogP contribution in [0.2, 0.25) is 0 Å². The molecule has 0 aliphatic heterocycles. The first-order valence-corrected chi connectivity index (χ1v) is 10.8. The second-order valence-corrected chi connectivity index (χ2v) is 8.48. The first kappa shape index (κ1) is 23.2. The van der Waals surface area contributed by atoms with Gasteiger partial charge in [-0.25, -0.2) is 17.9 Å². The van der Waals surface area contributed by atoms with Crippen LogP contribution in [0.4, 0.5) is 23.7 Å². The highest BCUT2D eigenvalue weighted by Crippen LogP contribution is 2.29. The fraction of sp³-hybridized carbons (Fsp3) is 0.143. The summed E-state index contributed by atoms with van der Waals surface area (Å²) in [5, 5.41) is 5.24. The predicted molar refractivity (Wildman–Crippen MR) is 112 cm³/mol. The van der Waals surface area contributed by atoms with Gasteiger partial charge in [-0.15, -0.1) is 0 Å². The average molecular weight is 464 g/mol. The van der Waals surface area contributed by atoms with Crippen LogP contribution in [0.25, 0.3) is 0 Å². The van der Waals surface area contributed by atoms with Crippen molar-refractivity contribution in [3.05, 3.63) is 89.7 Å². The number of nitrogens with zero attached hydrogens (tertiary/aromatic N) is 1. The van der Waals surface area contributed by atoms with Crippen LogP contribution in [0, 0.1) is 0 Å². The molecule has 168 valence electrons. The lowest BCUT2D eigenvalue weighted by Crippen LogP contribution is -2.28. The third-order valence-electron chi connectivity index (χ3n) is 4.35. The Kier molecular flexibility index (Phi) is 7.11. The summed E-state index contributed by atoms with van der Waals surface area (Å²) in [5.74, 6) is 0. The normalized spacial score (nSPS) is 11.7. The molecule has 0 atom stereocenters. The van der Waals surface area contributed by atoms with E-state index < -0.39 is 27.8 Å². The van der Waals surface area contributed by atoms with Crippen molar-refractivity contribution in [3.8, 4) is 0 Å². The molecule has 3 rings (SSSR count). The number of pyridine rings is 1. The highest BCUT2D eigenvalue weighted by molar-refractivity contribution is 7.89. The molecule has 32 heavy (non-hydrogen) atoms. The van der Waals surface area contributed by atoms with Gasteiger partial charge in [-0.1, -0.05) is 18.2 Å². The van der Waals surface area contributed by atoms with Crippen LogP contribution in [0.3, 0.4) is 0 Å². The quantitative estimate of drug-likeness (QED) is 0.494. The van der Waals surface area contributed by atoms with E-state index in [9.17, 15) is 26.4 Å². The maximum atomic E-state index is 12.8. The lowest BCUT2D eigenvalue weighted by atomic mass is 10.1. The van der Waals surface area contributed by atoms with E-state index in [-0.39, 0.29) is 17.0 Å². The Balaban J connectivity index is 1.56. The van der Waals surface area contributed by atoms with Gasteiger partial charge in [-0.05, 0) is 53.6 Å². The Morgan fingerprint density at radius 3 is 2.25 bits per heavy atom. The van der Waals surface area contributed by atoms with E-state index in [1.807, 2.05) is 0 Å². The van der Waals surface area contributed by atoms with E-state index in [2.05, 4.69) is 20.3 Å². The van der Waals surface area contributed by atoms with Crippen molar-refractivity contribution in [3.63, 3.8) is 0 Å².